The summed E-state index contributed by atoms with van der Waals surface area (Å²) in [6.45, 7) is 3.25. The third-order valence-corrected chi connectivity index (χ3v) is 6.41. The molecule has 0 aromatic carbocycles. The summed E-state index contributed by atoms with van der Waals surface area (Å²) in [5, 5.41) is 3.14. The van der Waals surface area contributed by atoms with Crippen molar-refractivity contribution in [2.45, 2.75) is 57.1 Å². The molecule has 142 valence electrons. The fourth-order valence-electron chi connectivity index (χ4n) is 4.88. The number of methoxy groups -OCH3 is 1. The minimum atomic E-state index is 0.175. The lowest BCUT2D eigenvalue weighted by atomic mass is 9.81. The molecule has 0 radical (unpaired) electrons. The minimum Gasteiger partial charge on any atom is -0.381 e. The molecule has 3 aliphatic rings. The first-order chi connectivity index (χ1) is 12.1. The highest BCUT2D eigenvalue weighted by Gasteiger charge is 2.41. The summed E-state index contributed by atoms with van der Waals surface area (Å²) in [7, 11) is 3.69. The van der Waals surface area contributed by atoms with Gasteiger partial charge in [0, 0.05) is 51.7 Å². The molecule has 2 atom stereocenters. The number of rotatable bonds is 5. The topological polar surface area (TPSA) is 61.9 Å². The predicted octanol–water partition coefficient (Wildman–Crippen LogP) is 1.25. The van der Waals surface area contributed by atoms with Crippen molar-refractivity contribution in [2.24, 2.45) is 11.8 Å². The Morgan fingerprint density at radius 2 is 1.96 bits per heavy atom. The molecule has 1 aliphatic carbocycles. The third-order valence-electron chi connectivity index (χ3n) is 6.41. The largest absolute Gasteiger partial charge is 0.381 e. The average molecular weight is 351 g/mol. The third kappa shape index (κ3) is 4.17. The number of nitrogens with one attached hydrogen (secondary N) is 1. The van der Waals surface area contributed by atoms with Crippen LogP contribution < -0.4 is 5.32 Å². The number of piperidine rings is 2. The molecular weight excluding hydrogens is 318 g/mol. The van der Waals surface area contributed by atoms with E-state index in [4.69, 9.17) is 4.74 Å². The van der Waals surface area contributed by atoms with Crippen molar-refractivity contribution >= 4 is 11.8 Å². The highest BCUT2D eigenvalue weighted by atomic mass is 16.5. The van der Waals surface area contributed by atoms with Crippen LogP contribution in [0.15, 0.2) is 0 Å². The summed E-state index contributed by atoms with van der Waals surface area (Å²) in [6.07, 6.45) is 6.73. The lowest BCUT2D eigenvalue weighted by Gasteiger charge is -2.47. The number of fused-ring (bicyclic) bond motifs is 1. The molecule has 0 spiro atoms. The quantitative estimate of drug-likeness (QED) is 0.810. The van der Waals surface area contributed by atoms with Crippen LogP contribution in [-0.4, -0.2) is 74.1 Å². The van der Waals surface area contributed by atoms with Gasteiger partial charge in [-0.05, 0) is 51.5 Å². The number of carbonyl (C=O) groups is 2. The molecule has 2 heterocycles. The summed E-state index contributed by atoms with van der Waals surface area (Å²) < 4.78 is 5.42. The first-order valence-corrected chi connectivity index (χ1v) is 9.89. The first kappa shape index (κ1) is 18.6. The highest BCUT2D eigenvalue weighted by Crippen LogP contribution is 2.33. The van der Waals surface area contributed by atoms with Crippen LogP contribution in [0, 0.1) is 11.8 Å². The molecule has 6 nitrogen and oxygen atoms in total. The van der Waals surface area contributed by atoms with Gasteiger partial charge in [-0.15, -0.1) is 0 Å². The number of likely N-dealkylation sites (N-methyl/N-ethyl adjacent to an activating group) is 1. The molecule has 2 aliphatic heterocycles. The zero-order chi connectivity index (χ0) is 17.8. The Balaban J connectivity index is 1.56. The van der Waals surface area contributed by atoms with Crippen molar-refractivity contribution in [1.29, 1.82) is 0 Å². The zero-order valence-corrected chi connectivity index (χ0v) is 15.7. The van der Waals surface area contributed by atoms with Crippen LogP contribution in [0.25, 0.3) is 0 Å². The maximum atomic E-state index is 12.9. The second kappa shape index (κ2) is 8.49. The smallest absolute Gasteiger partial charge is 0.225 e. The molecule has 0 aromatic rings. The molecule has 3 rings (SSSR count). The van der Waals surface area contributed by atoms with Gasteiger partial charge in [-0.2, -0.15) is 0 Å². The van der Waals surface area contributed by atoms with E-state index in [1.165, 1.54) is 0 Å². The molecule has 3 fully saturated rings. The maximum Gasteiger partial charge on any atom is 0.225 e. The summed E-state index contributed by atoms with van der Waals surface area (Å²) >= 11 is 0. The Bertz CT molecular complexity index is 477. The summed E-state index contributed by atoms with van der Waals surface area (Å²) in [5.74, 6) is 1.25. The zero-order valence-electron chi connectivity index (χ0n) is 15.7. The van der Waals surface area contributed by atoms with Gasteiger partial charge in [0.2, 0.25) is 11.8 Å². The molecular formula is C19H33N3O3. The molecule has 2 unspecified atom stereocenters. The number of ether oxygens (including phenoxy) is 1. The van der Waals surface area contributed by atoms with Crippen molar-refractivity contribution in [3.63, 3.8) is 0 Å². The van der Waals surface area contributed by atoms with Crippen LogP contribution >= 0.6 is 0 Å². The van der Waals surface area contributed by atoms with Crippen LogP contribution in [0.2, 0.25) is 0 Å². The van der Waals surface area contributed by atoms with E-state index < -0.39 is 0 Å². The van der Waals surface area contributed by atoms with E-state index in [-0.39, 0.29) is 11.8 Å². The summed E-state index contributed by atoms with van der Waals surface area (Å²) in [4.78, 5) is 29.4. The van der Waals surface area contributed by atoms with Crippen molar-refractivity contribution < 1.29 is 14.3 Å². The molecule has 1 saturated carbocycles. The molecule has 1 N–H and O–H groups in total. The highest BCUT2D eigenvalue weighted by molar-refractivity contribution is 5.80. The van der Waals surface area contributed by atoms with Gasteiger partial charge in [0.25, 0.3) is 0 Å². The van der Waals surface area contributed by atoms with Crippen molar-refractivity contribution in [1.82, 2.24) is 15.1 Å². The standard InChI is InChI=1S/C19H33N3O3/c1-20-10-12-22-17-9-11-21(13-15(17)5-8-18(22)23)19(24)14-3-6-16(25-2)7-4-14/h14-17,20H,3-13H2,1-2H3. The van der Waals surface area contributed by atoms with Gasteiger partial charge in [0.05, 0.1) is 6.10 Å². The first-order valence-electron chi connectivity index (χ1n) is 9.89. The van der Waals surface area contributed by atoms with E-state index in [0.717, 1.165) is 64.7 Å². The van der Waals surface area contributed by atoms with Gasteiger partial charge in [-0.1, -0.05) is 0 Å². The summed E-state index contributed by atoms with van der Waals surface area (Å²) in [5.41, 5.74) is 0. The Hall–Kier alpha value is -1.14. The Labute approximate surface area is 151 Å². The van der Waals surface area contributed by atoms with Gasteiger partial charge in [0.15, 0.2) is 0 Å². The minimum absolute atomic E-state index is 0.175. The number of nitrogens with zero attached hydrogens (tertiary/aromatic N) is 2. The van der Waals surface area contributed by atoms with E-state index in [2.05, 4.69) is 15.1 Å². The van der Waals surface area contributed by atoms with Crippen molar-refractivity contribution in [3.8, 4) is 0 Å². The predicted molar refractivity (Wildman–Crippen MR) is 96.1 cm³/mol. The van der Waals surface area contributed by atoms with E-state index in [0.29, 0.717) is 30.4 Å². The second-order valence-electron chi connectivity index (χ2n) is 7.84. The molecule has 2 amide bonds. The fourth-order valence-corrected chi connectivity index (χ4v) is 4.88. The van der Waals surface area contributed by atoms with Gasteiger partial charge in [0.1, 0.15) is 0 Å². The van der Waals surface area contributed by atoms with E-state index in [1.807, 2.05) is 7.05 Å². The van der Waals surface area contributed by atoms with Crippen LogP contribution in [0.1, 0.15) is 44.9 Å². The number of hydrogen-bond acceptors (Lipinski definition) is 4. The number of hydrogen-bond donors (Lipinski definition) is 1. The monoisotopic (exact) mass is 351 g/mol. The molecule has 2 saturated heterocycles. The Morgan fingerprint density at radius 3 is 2.64 bits per heavy atom. The van der Waals surface area contributed by atoms with E-state index in [9.17, 15) is 9.59 Å². The van der Waals surface area contributed by atoms with Crippen molar-refractivity contribution in [3.05, 3.63) is 0 Å². The molecule has 0 bridgehead atoms. The van der Waals surface area contributed by atoms with Gasteiger partial charge < -0.3 is 19.9 Å². The SMILES string of the molecule is CNCCN1C(=O)CCC2CN(C(=O)C3CCC(OC)CC3)CCC21. The average Bonchev–Trinajstić information content (AvgIpc) is 2.66. The van der Waals surface area contributed by atoms with Crippen LogP contribution in [0.4, 0.5) is 0 Å². The van der Waals surface area contributed by atoms with Gasteiger partial charge in [-0.25, -0.2) is 0 Å². The maximum absolute atomic E-state index is 12.9. The molecule has 6 heteroatoms. The van der Waals surface area contributed by atoms with E-state index in [1.54, 1.807) is 7.11 Å². The Kier molecular flexibility index (Phi) is 6.34. The lowest BCUT2D eigenvalue weighted by molar-refractivity contribution is -0.146. The summed E-state index contributed by atoms with van der Waals surface area (Å²) in [6, 6.07) is 0.322. The van der Waals surface area contributed by atoms with Gasteiger partial charge >= 0.3 is 0 Å². The van der Waals surface area contributed by atoms with E-state index >= 15 is 0 Å². The molecule has 25 heavy (non-hydrogen) atoms. The van der Waals surface area contributed by atoms with Crippen LogP contribution in [0.5, 0.6) is 0 Å². The number of amides is 2. The fraction of sp³-hybridized carbons (Fsp3) is 0.895. The van der Waals surface area contributed by atoms with Crippen molar-refractivity contribution in [2.75, 3.05) is 40.3 Å². The van der Waals surface area contributed by atoms with Gasteiger partial charge in [-0.3, -0.25) is 9.59 Å². The Morgan fingerprint density at radius 1 is 1.20 bits per heavy atom. The second-order valence-corrected chi connectivity index (χ2v) is 7.84. The normalized spacial score (nSPS) is 33.3. The number of likely N-dealkylation sites (tertiary alicyclic amines) is 2. The van der Waals surface area contributed by atoms with Crippen LogP contribution in [-0.2, 0) is 14.3 Å². The lowest BCUT2D eigenvalue weighted by Crippen LogP contribution is -2.58. The van der Waals surface area contributed by atoms with Crippen LogP contribution in [0.3, 0.4) is 0 Å². The molecule has 0 aromatic heterocycles. The number of carbonyl (C=O) groups excluding carboxylic acids is 2.